The van der Waals surface area contributed by atoms with Crippen LogP contribution in [-0.2, 0) is 11.4 Å². The summed E-state index contributed by atoms with van der Waals surface area (Å²) < 4.78 is 17.4. The Hall–Kier alpha value is -2.35. The minimum Gasteiger partial charge on any atom is -0.351 e. The fraction of sp³-hybridized carbons (Fsp3) is 0.462. The lowest BCUT2D eigenvalue weighted by atomic mass is 10.1. The highest BCUT2D eigenvalue weighted by Gasteiger charge is 2.25. The fourth-order valence-electron chi connectivity index (χ4n) is 3.39. The topological polar surface area (TPSA) is 68.2 Å². The zero-order chi connectivity index (χ0) is 26.0. The first-order valence-electron chi connectivity index (χ1n) is 12.0. The largest absolute Gasteiger partial charge is 0.351 e. The van der Waals surface area contributed by atoms with Crippen LogP contribution in [0.25, 0.3) is 11.0 Å². The van der Waals surface area contributed by atoms with E-state index in [-0.39, 0.29) is 16.8 Å². The third kappa shape index (κ3) is 7.56. The highest BCUT2D eigenvalue weighted by molar-refractivity contribution is 6.33. The molecule has 192 valence electrons. The summed E-state index contributed by atoms with van der Waals surface area (Å²) in [6, 6.07) is 7.05. The summed E-state index contributed by atoms with van der Waals surface area (Å²) in [4.78, 5) is 22.5. The van der Waals surface area contributed by atoms with Gasteiger partial charge >= 0.3 is 0 Å². The molecule has 0 unspecified atom stereocenters. The average Bonchev–Trinajstić information content (AvgIpc) is 3.60. The smallest absolute Gasteiger partial charge is 0.277 e. The van der Waals surface area contributed by atoms with Crippen LogP contribution in [-0.4, -0.2) is 28.4 Å². The van der Waals surface area contributed by atoms with Gasteiger partial charge in [-0.2, -0.15) is 0 Å². The average molecular weight is 525 g/mol. The normalized spacial score (nSPS) is 12.3. The van der Waals surface area contributed by atoms with E-state index in [2.05, 4.69) is 34.3 Å². The maximum Gasteiger partial charge on any atom is 0.277 e. The number of carbonyl (C=O) groups is 1. The van der Waals surface area contributed by atoms with Crippen molar-refractivity contribution in [3.05, 3.63) is 52.6 Å². The molecule has 1 fully saturated rings. The van der Waals surface area contributed by atoms with Crippen molar-refractivity contribution in [3.63, 3.8) is 0 Å². The highest BCUT2D eigenvalue weighted by atomic mass is 35.5. The quantitative estimate of drug-likeness (QED) is 0.223. The Balaban J connectivity index is 0.00000103. The molecule has 6 nitrogen and oxygen atoms in total. The molecule has 4 rings (SSSR count). The monoisotopic (exact) mass is 524 g/mol. The number of aryl methyl sites for hydroxylation is 2. The number of unbranched alkanes of at least 4 members (excludes halogenated alkanes) is 1. The number of fused-ring (bicyclic) bond motifs is 1. The second-order valence-electron chi connectivity index (χ2n) is 8.07. The van der Waals surface area contributed by atoms with E-state index in [0.29, 0.717) is 35.3 Å². The van der Waals surface area contributed by atoms with Crippen LogP contribution >= 0.6 is 23.2 Å². The number of amides is 1. The van der Waals surface area contributed by atoms with E-state index in [1.54, 1.807) is 24.5 Å². The Morgan fingerprint density at radius 2 is 1.97 bits per heavy atom. The Morgan fingerprint density at radius 3 is 2.60 bits per heavy atom. The number of anilines is 2. The van der Waals surface area contributed by atoms with E-state index in [1.807, 2.05) is 31.4 Å². The lowest BCUT2D eigenvalue weighted by molar-refractivity contribution is 0.0271. The summed E-state index contributed by atoms with van der Waals surface area (Å²) in [6.45, 7) is 9.16. The molecule has 0 radical (unpaired) electrons. The van der Waals surface area contributed by atoms with Gasteiger partial charge in [0, 0.05) is 12.9 Å². The molecule has 1 aromatic heterocycles. The number of rotatable bonds is 9. The summed E-state index contributed by atoms with van der Waals surface area (Å²) in [5, 5.41) is 3.44. The molecule has 2 aromatic carbocycles. The number of imidazole rings is 1. The third-order valence-corrected chi connectivity index (χ3v) is 5.73. The molecule has 1 aliphatic rings. The number of halogens is 3. The van der Waals surface area contributed by atoms with Gasteiger partial charge < -0.3 is 9.88 Å². The zero-order valence-electron chi connectivity index (χ0n) is 21.1. The van der Waals surface area contributed by atoms with Crippen LogP contribution in [0, 0.1) is 18.7 Å². The van der Waals surface area contributed by atoms with Crippen LogP contribution in [0.5, 0.6) is 0 Å². The van der Waals surface area contributed by atoms with Gasteiger partial charge in [0.15, 0.2) is 5.82 Å². The molecule has 0 aliphatic heterocycles. The van der Waals surface area contributed by atoms with Gasteiger partial charge in [-0.25, -0.2) is 14.9 Å². The second-order valence-corrected chi connectivity index (χ2v) is 8.47. The Labute approximate surface area is 217 Å². The van der Waals surface area contributed by atoms with Crippen molar-refractivity contribution in [3.8, 4) is 0 Å². The molecular formula is C26H35Cl2FN4O2. The number of hydroxylamine groups is 1. The number of alkyl halides is 1. The van der Waals surface area contributed by atoms with Crippen molar-refractivity contribution < 1.29 is 14.0 Å². The van der Waals surface area contributed by atoms with Gasteiger partial charge in [-0.05, 0) is 55.9 Å². The number of carbonyl (C=O) groups excluding carboxylic acids is 1. The number of nitrogens with one attached hydrogen (secondary N) is 2. The number of aromatic nitrogens is 2. The number of benzene rings is 2. The van der Waals surface area contributed by atoms with Gasteiger partial charge in [0.05, 0.1) is 40.4 Å². The Morgan fingerprint density at radius 1 is 1.26 bits per heavy atom. The SMILES string of the molecule is CC.CCCCn1cnc2c(F)c(Nc3ccc(C)cc3Cl)c(C(=O)NOCC3CC3)cc21.CCl. The van der Waals surface area contributed by atoms with Crippen molar-refractivity contribution in [1.29, 1.82) is 0 Å². The second kappa shape index (κ2) is 14.3. The van der Waals surface area contributed by atoms with E-state index in [1.165, 1.54) is 6.38 Å². The number of hydrogen-bond donors (Lipinski definition) is 2. The summed E-state index contributed by atoms with van der Waals surface area (Å²) in [7, 11) is 0. The van der Waals surface area contributed by atoms with E-state index in [9.17, 15) is 4.79 Å². The molecule has 35 heavy (non-hydrogen) atoms. The molecule has 1 amide bonds. The van der Waals surface area contributed by atoms with Crippen LogP contribution in [0.1, 0.15) is 62.4 Å². The molecule has 0 atom stereocenters. The molecule has 9 heteroatoms. The predicted molar refractivity (Wildman–Crippen MR) is 143 cm³/mol. The van der Waals surface area contributed by atoms with Crippen molar-refractivity contribution >= 4 is 51.5 Å². The molecule has 0 saturated heterocycles. The van der Waals surface area contributed by atoms with Gasteiger partial charge in [-0.15, -0.1) is 11.6 Å². The number of hydrogen-bond acceptors (Lipinski definition) is 4. The van der Waals surface area contributed by atoms with Gasteiger partial charge in [-0.3, -0.25) is 9.63 Å². The fourth-order valence-corrected chi connectivity index (χ4v) is 3.67. The van der Waals surface area contributed by atoms with E-state index < -0.39 is 11.7 Å². The van der Waals surface area contributed by atoms with E-state index >= 15 is 4.39 Å². The molecular weight excluding hydrogens is 490 g/mol. The molecule has 1 aliphatic carbocycles. The molecule has 1 heterocycles. The maximum absolute atomic E-state index is 15.6. The van der Waals surface area contributed by atoms with Crippen molar-refractivity contribution in [2.75, 3.05) is 18.3 Å². The van der Waals surface area contributed by atoms with Gasteiger partial charge in [0.1, 0.15) is 5.52 Å². The van der Waals surface area contributed by atoms with Crippen molar-refractivity contribution in [2.24, 2.45) is 5.92 Å². The summed E-state index contributed by atoms with van der Waals surface area (Å²) in [5.41, 5.74) is 4.87. The van der Waals surface area contributed by atoms with E-state index in [4.69, 9.17) is 16.4 Å². The molecule has 1 saturated carbocycles. The highest BCUT2D eigenvalue weighted by Crippen LogP contribution is 2.34. The lowest BCUT2D eigenvalue weighted by Crippen LogP contribution is -2.26. The predicted octanol–water partition coefficient (Wildman–Crippen LogP) is 7.63. The minimum atomic E-state index is -0.600. The molecule has 3 aromatic rings. The first-order chi connectivity index (χ1) is 17.0. The van der Waals surface area contributed by atoms with Crippen LogP contribution in [0.2, 0.25) is 5.02 Å². The standard InChI is InChI=1S/C23H26ClFN4O2.C2H6.CH3Cl/c1-3-4-9-29-13-26-22-19(29)11-16(23(30)28-31-12-15-6-7-15)21(20(22)25)27-18-8-5-14(2)10-17(18)24;2*1-2/h5,8,10-11,13,15,27H,3-4,6-7,9,12H2,1-2H3,(H,28,30);1-2H3;1H3. The van der Waals surface area contributed by atoms with Crippen LogP contribution in [0.4, 0.5) is 15.8 Å². The van der Waals surface area contributed by atoms with Gasteiger partial charge in [0.25, 0.3) is 5.91 Å². The minimum absolute atomic E-state index is 0.0199. The van der Waals surface area contributed by atoms with E-state index in [0.717, 1.165) is 31.2 Å². The lowest BCUT2D eigenvalue weighted by Gasteiger charge is -2.16. The Kier molecular flexibility index (Phi) is 11.8. The third-order valence-electron chi connectivity index (χ3n) is 5.42. The summed E-state index contributed by atoms with van der Waals surface area (Å²) in [5.74, 6) is -0.633. The van der Waals surface area contributed by atoms with Gasteiger partial charge in [0.2, 0.25) is 0 Å². The summed E-state index contributed by atoms with van der Waals surface area (Å²) in [6.07, 6.45) is 7.21. The molecule has 0 spiro atoms. The zero-order valence-corrected chi connectivity index (χ0v) is 22.6. The van der Waals surface area contributed by atoms with Crippen molar-refractivity contribution in [2.45, 2.75) is 59.9 Å². The number of nitrogens with zero attached hydrogens (tertiary/aromatic N) is 2. The maximum atomic E-state index is 15.6. The van der Waals surface area contributed by atoms with Gasteiger partial charge in [-0.1, -0.05) is 44.9 Å². The first-order valence-corrected chi connectivity index (χ1v) is 13.1. The van der Waals surface area contributed by atoms with Crippen molar-refractivity contribution in [1.82, 2.24) is 15.0 Å². The Bertz CT molecular complexity index is 1120. The first kappa shape index (κ1) is 28.9. The van der Waals surface area contributed by atoms with Crippen LogP contribution in [0.3, 0.4) is 0 Å². The van der Waals surface area contributed by atoms with Crippen LogP contribution < -0.4 is 10.8 Å². The molecule has 0 bridgehead atoms. The summed E-state index contributed by atoms with van der Waals surface area (Å²) >= 11 is 11.0. The van der Waals surface area contributed by atoms with Crippen LogP contribution in [0.15, 0.2) is 30.6 Å². The molecule has 2 N–H and O–H groups in total.